The molecule has 0 spiro atoms. The average Bonchev–Trinajstić information content (AvgIpc) is 3.60. The van der Waals surface area contributed by atoms with Gasteiger partial charge in [-0.2, -0.15) is 26.3 Å². The summed E-state index contributed by atoms with van der Waals surface area (Å²) in [6.07, 6.45) is -11.1. The minimum absolute atomic E-state index is 0.0315. The highest BCUT2D eigenvalue weighted by Gasteiger charge is 2.45. The number of carboxylic acid groups (broad SMARTS) is 1. The Labute approximate surface area is 277 Å². The lowest BCUT2D eigenvalue weighted by Crippen LogP contribution is -2.42. The molecule has 2 aromatic heterocycles. The van der Waals surface area contributed by atoms with Crippen LogP contribution in [0.25, 0.3) is 0 Å². The molecule has 0 radical (unpaired) electrons. The van der Waals surface area contributed by atoms with Gasteiger partial charge in [-0.3, -0.25) is 4.79 Å². The number of alkyl halides is 6. The molecule has 0 saturated heterocycles. The molecule has 1 atom stereocenters. The quantitative estimate of drug-likeness (QED) is 0.253. The number of hydrogen-bond donors (Lipinski definition) is 1. The van der Waals surface area contributed by atoms with E-state index >= 15 is 0 Å². The highest BCUT2D eigenvalue weighted by Crippen LogP contribution is 2.40. The molecule has 2 aliphatic heterocycles. The molecule has 1 N–H and O–H groups in total. The zero-order valence-corrected chi connectivity index (χ0v) is 27.6. The van der Waals surface area contributed by atoms with Gasteiger partial charge in [0.05, 0.1) is 24.5 Å². The fraction of sp³-hybridized carbons (Fsp3) is 0.516. The largest absolute Gasteiger partial charge is 0.465 e. The molecule has 0 aliphatic carbocycles. The predicted octanol–water partition coefficient (Wildman–Crippen LogP) is 6.16. The minimum Gasteiger partial charge on any atom is -0.465 e. The Morgan fingerprint density at radius 2 is 1.29 bits per heavy atom. The number of ketones is 1. The van der Waals surface area contributed by atoms with E-state index in [0.29, 0.717) is 5.56 Å². The molecule has 49 heavy (non-hydrogen) atoms. The van der Waals surface area contributed by atoms with E-state index in [0.717, 1.165) is 21.0 Å². The fourth-order valence-electron chi connectivity index (χ4n) is 5.59. The van der Waals surface area contributed by atoms with Crippen molar-refractivity contribution in [3.63, 3.8) is 0 Å². The van der Waals surface area contributed by atoms with Crippen molar-refractivity contribution in [2.45, 2.75) is 84.4 Å². The van der Waals surface area contributed by atoms with E-state index in [-0.39, 0.29) is 62.0 Å². The Morgan fingerprint density at radius 1 is 0.776 bits per heavy atom. The predicted molar refractivity (Wildman–Crippen MR) is 159 cm³/mol. The number of carbonyl (C=O) groups excluding carboxylic acids is 2. The van der Waals surface area contributed by atoms with Gasteiger partial charge in [0.25, 0.3) is 0 Å². The van der Waals surface area contributed by atoms with E-state index in [1.54, 1.807) is 58.0 Å². The highest BCUT2D eigenvalue weighted by molar-refractivity contribution is 5.93. The molecule has 0 bridgehead atoms. The number of benzene rings is 1. The smallest absolute Gasteiger partial charge is 0.449 e. The van der Waals surface area contributed by atoms with Crippen LogP contribution in [0.15, 0.2) is 30.3 Å². The second-order valence-electron chi connectivity index (χ2n) is 12.5. The summed E-state index contributed by atoms with van der Waals surface area (Å²) in [5.74, 6) is -2.72. The van der Waals surface area contributed by atoms with Gasteiger partial charge in [-0.05, 0) is 33.3 Å². The van der Waals surface area contributed by atoms with Gasteiger partial charge in [-0.15, -0.1) is 0 Å². The molecule has 1 unspecified atom stereocenters. The van der Waals surface area contributed by atoms with Crippen LogP contribution in [0.5, 0.6) is 0 Å². The van der Waals surface area contributed by atoms with Crippen molar-refractivity contribution in [1.29, 1.82) is 0 Å². The first-order valence-electron chi connectivity index (χ1n) is 15.0. The number of hydrogen-bond acceptors (Lipinski definition) is 7. The second kappa shape index (κ2) is 13.4. The van der Waals surface area contributed by atoms with Crippen LogP contribution in [0.2, 0.25) is 0 Å². The van der Waals surface area contributed by atoms with Crippen LogP contribution in [0.3, 0.4) is 0 Å². The maximum absolute atomic E-state index is 13.5. The number of halogens is 6. The van der Waals surface area contributed by atoms with Crippen LogP contribution in [-0.2, 0) is 53.6 Å². The maximum atomic E-state index is 13.5. The van der Waals surface area contributed by atoms with Crippen LogP contribution in [-0.4, -0.2) is 77.8 Å². The van der Waals surface area contributed by atoms with Crippen molar-refractivity contribution in [2.24, 2.45) is 0 Å². The first-order chi connectivity index (χ1) is 22.6. The van der Waals surface area contributed by atoms with Crippen LogP contribution < -0.4 is 0 Å². The molecule has 2 amide bonds. The van der Waals surface area contributed by atoms with Crippen molar-refractivity contribution in [1.82, 2.24) is 28.9 Å². The Hall–Kier alpha value is -4.61. The first kappa shape index (κ1) is 37.2. The standard InChI is InChI=1S/C17H18F3N3O3.C14H18F3N3O3/c1-16(26-2,11-6-4-3-5-7-11)13-12-10-22(15(24)25)8-9-23(12)14(21-13)17(18,19)20;1-8(21)10-9-7-19(12(22)23-13(2,3)4)5-6-20(9)11(18-10)14(15,16)17/h3-7H,8-10H2,1-2H3,(H,24,25);5-7H2,1-4H3. The molecule has 18 heteroatoms. The summed E-state index contributed by atoms with van der Waals surface area (Å²) >= 11 is 0. The van der Waals surface area contributed by atoms with Crippen molar-refractivity contribution < 1.29 is 55.3 Å². The van der Waals surface area contributed by atoms with Gasteiger partial charge in [0.1, 0.15) is 22.6 Å². The molecule has 268 valence electrons. The maximum Gasteiger partial charge on any atom is 0.449 e. The minimum atomic E-state index is -4.66. The van der Waals surface area contributed by atoms with E-state index in [1.807, 2.05) is 0 Å². The number of Topliss-reactive ketones (excluding diaryl/α,β-unsaturated/α-hetero) is 1. The normalized spacial score (nSPS) is 16.2. The molecule has 3 aromatic rings. The molecule has 4 heterocycles. The average molecular weight is 703 g/mol. The van der Waals surface area contributed by atoms with Gasteiger partial charge in [-0.25, -0.2) is 19.6 Å². The van der Waals surface area contributed by atoms with Crippen molar-refractivity contribution >= 4 is 18.0 Å². The summed E-state index contributed by atoms with van der Waals surface area (Å²) in [6.45, 7) is 7.36. The number of aromatic nitrogens is 4. The summed E-state index contributed by atoms with van der Waals surface area (Å²) in [6, 6.07) is 8.77. The molecule has 12 nitrogen and oxygen atoms in total. The lowest BCUT2D eigenvalue weighted by Gasteiger charge is -2.32. The molecule has 1 aromatic carbocycles. The number of fused-ring (bicyclic) bond motifs is 2. The number of rotatable bonds is 4. The Morgan fingerprint density at radius 3 is 1.78 bits per heavy atom. The van der Waals surface area contributed by atoms with E-state index in [9.17, 15) is 45.8 Å². The van der Waals surface area contributed by atoms with E-state index in [4.69, 9.17) is 9.47 Å². The summed E-state index contributed by atoms with van der Waals surface area (Å²) < 4.78 is 92.4. The van der Waals surface area contributed by atoms with Gasteiger partial charge >= 0.3 is 24.5 Å². The van der Waals surface area contributed by atoms with Crippen LogP contribution in [0.1, 0.15) is 79.4 Å². The molecule has 2 aliphatic rings. The van der Waals surface area contributed by atoms with Gasteiger partial charge in [0.2, 0.25) is 11.6 Å². The number of carbonyl (C=O) groups is 3. The molecular formula is C31H36F6N6O6. The number of imidazole rings is 2. The third-order valence-electron chi connectivity index (χ3n) is 7.96. The van der Waals surface area contributed by atoms with Gasteiger partial charge < -0.3 is 33.5 Å². The Balaban J connectivity index is 0.000000223. The van der Waals surface area contributed by atoms with Crippen LogP contribution in [0, 0.1) is 0 Å². The van der Waals surface area contributed by atoms with Gasteiger partial charge in [-0.1, -0.05) is 30.3 Å². The van der Waals surface area contributed by atoms with Gasteiger partial charge in [0, 0.05) is 40.2 Å². The number of ether oxygens (including phenoxy) is 2. The monoisotopic (exact) mass is 702 g/mol. The summed E-state index contributed by atoms with van der Waals surface area (Å²) in [5.41, 5.74) is -1.24. The lowest BCUT2D eigenvalue weighted by molar-refractivity contribution is -0.148. The Bertz CT molecular complexity index is 1710. The zero-order chi connectivity index (χ0) is 36.7. The molecule has 0 saturated carbocycles. The second-order valence-corrected chi connectivity index (χ2v) is 12.5. The molecule has 0 fully saturated rings. The molecular weight excluding hydrogens is 666 g/mol. The van der Waals surface area contributed by atoms with E-state index in [1.165, 1.54) is 12.0 Å². The van der Waals surface area contributed by atoms with Gasteiger partial charge in [0.15, 0.2) is 5.78 Å². The fourth-order valence-corrected chi connectivity index (χ4v) is 5.59. The SMILES string of the molecule is CC(=O)c1nc(C(F)(F)F)n2c1CN(C(=O)OC(C)(C)C)CC2.COC(C)(c1ccccc1)c1nc(C(F)(F)F)n2c1CN(C(=O)O)CC2. The van der Waals surface area contributed by atoms with E-state index < -0.39 is 53.2 Å². The third-order valence-corrected chi connectivity index (χ3v) is 7.96. The first-order valence-corrected chi connectivity index (χ1v) is 15.0. The Kier molecular flexibility index (Phi) is 10.1. The topological polar surface area (TPSA) is 132 Å². The van der Waals surface area contributed by atoms with E-state index in [2.05, 4.69) is 9.97 Å². The zero-order valence-electron chi connectivity index (χ0n) is 27.6. The molecule has 5 rings (SSSR count). The van der Waals surface area contributed by atoms with Crippen molar-refractivity contribution in [2.75, 3.05) is 20.2 Å². The van der Waals surface area contributed by atoms with Crippen LogP contribution >= 0.6 is 0 Å². The third kappa shape index (κ3) is 7.84. The number of amides is 2. The van der Waals surface area contributed by atoms with Crippen LogP contribution in [0.4, 0.5) is 35.9 Å². The number of methoxy groups -OCH3 is 1. The van der Waals surface area contributed by atoms with Crippen molar-refractivity contribution in [3.8, 4) is 0 Å². The number of nitrogens with zero attached hydrogens (tertiary/aromatic N) is 6. The summed E-state index contributed by atoms with van der Waals surface area (Å²) in [4.78, 5) is 44.6. The summed E-state index contributed by atoms with van der Waals surface area (Å²) in [7, 11) is 1.39. The highest BCUT2D eigenvalue weighted by atomic mass is 19.4. The van der Waals surface area contributed by atoms with Crippen molar-refractivity contribution in [3.05, 3.63) is 70.3 Å². The lowest BCUT2D eigenvalue weighted by atomic mass is 9.90. The summed E-state index contributed by atoms with van der Waals surface area (Å²) in [5, 5.41) is 9.24.